The maximum Gasteiger partial charge on any atom is 0.280 e. The molecule has 0 atom stereocenters. The summed E-state index contributed by atoms with van der Waals surface area (Å²) in [5.41, 5.74) is 2.87. The Bertz CT molecular complexity index is 1070. The molecule has 3 rings (SSSR count). The number of hydrogen-bond acceptors (Lipinski definition) is 4. The number of nitro benzene ring substituents is 1. The lowest BCUT2D eigenvalue weighted by molar-refractivity contribution is -0.384. The van der Waals surface area contributed by atoms with Gasteiger partial charge >= 0.3 is 0 Å². The number of H-pyrrole nitrogens is 1. The van der Waals surface area contributed by atoms with Crippen molar-refractivity contribution in [2.45, 2.75) is 13.8 Å². The van der Waals surface area contributed by atoms with Gasteiger partial charge in [0.05, 0.1) is 21.9 Å². The summed E-state index contributed by atoms with van der Waals surface area (Å²) in [6.07, 6.45) is 1.48. The molecule has 0 aliphatic rings. The third kappa shape index (κ3) is 3.50. The molecule has 0 radical (unpaired) electrons. The molecule has 8 heteroatoms. The molecule has 0 spiro atoms. The summed E-state index contributed by atoms with van der Waals surface area (Å²) < 4.78 is 2.37. The molecule has 7 nitrogen and oxygen atoms in total. The van der Waals surface area contributed by atoms with Crippen LogP contribution in [0.2, 0.25) is 0 Å². The normalized spacial score (nSPS) is 11.2. The molecule has 0 saturated carbocycles. The number of aryl methyl sites for hydroxylation is 2. The van der Waals surface area contributed by atoms with E-state index in [9.17, 15) is 14.9 Å². The number of nitrogens with zero attached hydrogens (tertiary/aromatic N) is 3. The van der Waals surface area contributed by atoms with E-state index in [1.807, 2.05) is 24.3 Å². The number of aliphatic imine (C=N–C) groups is 1. The molecule has 0 unspecified atom stereocenters. The largest absolute Gasteiger partial charge is 0.295 e. The van der Waals surface area contributed by atoms with Crippen molar-refractivity contribution in [1.29, 1.82) is 0 Å². The van der Waals surface area contributed by atoms with E-state index in [1.165, 1.54) is 23.0 Å². The Morgan fingerprint density at radius 3 is 2.50 bits per heavy atom. The Balaban J connectivity index is 1.96. The second-order valence-electron chi connectivity index (χ2n) is 5.75. The van der Waals surface area contributed by atoms with Crippen LogP contribution in [0.5, 0.6) is 0 Å². The summed E-state index contributed by atoms with van der Waals surface area (Å²) in [5, 5.41) is 13.8. The van der Waals surface area contributed by atoms with Crippen LogP contribution >= 0.6 is 15.9 Å². The van der Waals surface area contributed by atoms with Crippen LogP contribution < -0.4 is 5.56 Å². The summed E-state index contributed by atoms with van der Waals surface area (Å²) in [4.78, 5) is 27.4. The number of aromatic amines is 1. The van der Waals surface area contributed by atoms with Crippen molar-refractivity contribution in [1.82, 2.24) is 9.78 Å². The van der Waals surface area contributed by atoms with Gasteiger partial charge in [-0.25, -0.2) is 4.68 Å². The van der Waals surface area contributed by atoms with Crippen LogP contribution in [-0.2, 0) is 0 Å². The number of rotatable bonds is 4. The minimum Gasteiger partial charge on any atom is -0.295 e. The van der Waals surface area contributed by atoms with Gasteiger partial charge in [0.2, 0.25) is 0 Å². The van der Waals surface area contributed by atoms with Gasteiger partial charge in [-0.05, 0) is 49.7 Å². The molecule has 3 aromatic rings. The fourth-order valence-electron chi connectivity index (χ4n) is 2.52. The molecule has 1 heterocycles. The highest BCUT2D eigenvalue weighted by molar-refractivity contribution is 9.10. The predicted molar refractivity (Wildman–Crippen MR) is 104 cm³/mol. The van der Waals surface area contributed by atoms with Gasteiger partial charge in [0, 0.05) is 28.5 Å². The molecule has 0 fully saturated rings. The monoisotopic (exact) mass is 414 g/mol. The smallest absolute Gasteiger partial charge is 0.280 e. The van der Waals surface area contributed by atoms with Crippen molar-refractivity contribution >= 4 is 33.5 Å². The van der Waals surface area contributed by atoms with Gasteiger partial charge < -0.3 is 0 Å². The number of hydrogen-bond donors (Lipinski definition) is 1. The highest BCUT2D eigenvalue weighted by Crippen LogP contribution is 2.23. The number of benzene rings is 2. The zero-order chi connectivity index (χ0) is 18.8. The summed E-state index contributed by atoms with van der Waals surface area (Å²) in [6, 6.07) is 11.8. The maximum atomic E-state index is 12.7. The number of halogens is 1. The highest BCUT2D eigenvalue weighted by atomic mass is 79.9. The molecule has 0 amide bonds. The molecule has 1 N–H and O–H groups in total. The maximum absolute atomic E-state index is 12.7. The first-order valence-electron chi connectivity index (χ1n) is 7.73. The van der Waals surface area contributed by atoms with E-state index < -0.39 is 4.92 Å². The lowest BCUT2D eigenvalue weighted by atomic mass is 10.2. The van der Waals surface area contributed by atoms with Crippen LogP contribution in [0.3, 0.4) is 0 Å². The van der Waals surface area contributed by atoms with Crippen molar-refractivity contribution in [2.75, 3.05) is 0 Å². The van der Waals surface area contributed by atoms with E-state index in [4.69, 9.17) is 0 Å². The van der Waals surface area contributed by atoms with Gasteiger partial charge in [-0.2, -0.15) is 0 Å². The van der Waals surface area contributed by atoms with Crippen molar-refractivity contribution in [3.8, 4) is 5.69 Å². The quantitative estimate of drug-likeness (QED) is 0.393. The Hall–Kier alpha value is -3.00. The van der Waals surface area contributed by atoms with Crippen molar-refractivity contribution in [3.63, 3.8) is 0 Å². The van der Waals surface area contributed by atoms with E-state index in [2.05, 4.69) is 26.0 Å². The molecule has 2 aromatic carbocycles. The molecule has 0 saturated heterocycles. The molecule has 0 aliphatic heterocycles. The second kappa shape index (κ2) is 7.09. The van der Waals surface area contributed by atoms with Crippen LogP contribution in [0, 0.1) is 24.0 Å². The minimum atomic E-state index is -0.451. The summed E-state index contributed by atoms with van der Waals surface area (Å²) in [6.45, 7) is 3.53. The Kier molecular flexibility index (Phi) is 4.85. The minimum absolute atomic E-state index is 0.0110. The van der Waals surface area contributed by atoms with E-state index >= 15 is 0 Å². The number of nitrogens with one attached hydrogen (secondary N) is 1. The summed E-state index contributed by atoms with van der Waals surface area (Å²) >= 11 is 3.37. The van der Waals surface area contributed by atoms with Crippen LogP contribution in [0.25, 0.3) is 5.69 Å². The average molecular weight is 415 g/mol. The van der Waals surface area contributed by atoms with Gasteiger partial charge in [-0.3, -0.25) is 25.0 Å². The van der Waals surface area contributed by atoms with Crippen LogP contribution in [0.1, 0.15) is 16.8 Å². The zero-order valence-electron chi connectivity index (χ0n) is 14.1. The van der Waals surface area contributed by atoms with Crippen molar-refractivity contribution in [3.05, 3.63) is 84.2 Å². The molecule has 0 aliphatic carbocycles. The van der Waals surface area contributed by atoms with Gasteiger partial charge in [-0.1, -0.05) is 15.9 Å². The van der Waals surface area contributed by atoms with Crippen molar-refractivity contribution < 1.29 is 4.92 Å². The van der Waals surface area contributed by atoms with Crippen LogP contribution in [0.4, 0.5) is 11.4 Å². The average Bonchev–Trinajstić information content (AvgIpc) is 2.89. The summed E-state index contributed by atoms with van der Waals surface area (Å²) in [5.74, 6) is 0. The lowest BCUT2D eigenvalue weighted by Crippen LogP contribution is -2.17. The van der Waals surface area contributed by atoms with Crippen LogP contribution in [0.15, 0.2) is 56.7 Å². The lowest BCUT2D eigenvalue weighted by Gasteiger charge is -2.00. The fourth-order valence-corrected chi connectivity index (χ4v) is 2.78. The zero-order valence-corrected chi connectivity index (χ0v) is 15.6. The number of non-ortho nitro benzene ring substituents is 1. The van der Waals surface area contributed by atoms with E-state index in [0.29, 0.717) is 28.2 Å². The number of aromatic nitrogens is 2. The fraction of sp³-hybridized carbons (Fsp3) is 0.111. The SMILES string of the molecule is Cc1cc([N+](=O)[O-])ccc1N=Cc1c(C)[nH]n(-c2ccc(Br)cc2)c1=O. The highest BCUT2D eigenvalue weighted by Gasteiger charge is 2.11. The molecular formula is C18H15BrN4O3. The van der Waals surface area contributed by atoms with Crippen LogP contribution in [-0.4, -0.2) is 20.9 Å². The van der Waals surface area contributed by atoms with Gasteiger partial charge in [0.1, 0.15) is 0 Å². The topological polar surface area (TPSA) is 93.3 Å². The predicted octanol–water partition coefficient (Wildman–Crippen LogP) is 4.20. The van der Waals surface area contributed by atoms with E-state index in [1.54, 1.807) is 19.9 Å². The Labute approximate surface area is 157 Å². The molecule has 132 valence electrons. The Morgan fingerprint density at radius 2 is 1.88 bits per heavy atom. The van der Waals surface area contributed by atoms with Gasteiger partial charge in [0.25, 0.3) is 11.2 Å². The van der Waals surface area contributed by atoms with E-state index in [-0.39, 0.29) is 11.2 Å². The summed E-state index contributed by atoms with van der Waals surface area (Å²) in [7, 11) is 0. The third-order valence-corrected chi connectivity index (χ3v) is 4.45. The molecule has 26 heavy (non-hydrogen) atoms. The van der Waals surface area contributed by atoms with Crippen molar-refractivity contribution in [2.24, 2.45) is 4.99 Å². The first-order chi connectivity index (χ1) is 12.4. The first kappa shape index (κ1) is 17.8. The Morgan fingerprint density at radius 1 is 1.19 bits per heavy atom. The standard InChI is InChI=1S/C18H15BrN4O3/c1-11-9-15(23(25)26)7-8-17(11)20-10-16-12(2)21-22(18(16)24)14-5-3-13(19)4-6-14/h3-10,21H,1-2H3. The molecular weight excluding hydrogens is 400 g/mol. The third-order valence-electron chi connectivity index (χ3n) is 3.93. The first-order valence-corrected chi connectivity index (χ1v) is 8.53. The number of nitro groups is 1. The van der Waals surface area contributed by atoms with Gasteiger partial charge in [-0.15, -0.1) is 0 Å². The van der Waals surface area contributed by atoms with E-state index in [0.717, 1.165) is 4.47 Å². The molecule has 0 bridgehead atoms. The van der Waals surface area contributed by atoms with Gasteiger partial charge in [0.15, 0.2) is 0 Å². The molecule has 1 aromatic heterocycles. The second-order valence-corrected chi connectivity index (χ2v) is 6.67.